The predicted molar refractivity (Wildman–Crippen MR) is 105 cm³/mol. The molecule has 5 heteroatoms. The Balaban J connectivity index is 1.17. The number of imidazole rings is 1. The van der Waals surface area contributed by atoms with Crippen LogP contribution in [0.4, 0.5) is 8.78 Å². The van der Waals surface area contributed by atoms with Crippen LogP contribution in [0.1, 0.15) is 42.3 Å². The van der Waals surface area contributed by atoms with Crippen LogP contribution in [0.5, 0.6) is 0 Å². The molecular weight excluding hydrogens is 370 g/mol. The van der Waals surface area contributed by atoms with Gasteiger partial charge in [0.15, 0.2) is 0 Å². The molecule has 0 radical (unpaired) electrons. The Bertz CT molecular complexity index is 1060. The SMILES string of the molecule is OC(CC1c2c(F)cccc2-c2cncn21)C1CC2C(C1)C2c1ccc(F)cc1. The van der Waals surface area contributed by atoms with Crippen molar-refractivity contribution in [2.45, 2.75) is 37.3 Å². The summed E-state index contributed by atoms with van der Waals surface area (Å²) >= 11 is 0. The van der Waals surface area contributed by atoms with Crippen LogP contribution < -0.4 is 0 Å². The van der Waals surface area contributed by atoms with Crippen molar-refractivity contribution >= 4 is 0 Å². The van der Waals surface area contributed by atoms with Gasteiger partial charge >= 0.3 is 0 Å². The number of halogens is 2. The number of nitrogens with zero attached hydrogens (tertiary/aromatic N) is 2. The summed E-state index contributed by atoms with van der Waals surface area (Å²) in [4.78, 5) is 4.23. The molecule has 6 rings (SSSR count). The topological polar surface area (TPSA) is 38.1 Å². The van der Waals surface area contributed by atoms with Gasteiger partial charge in [0.05, 0.1) is 30.4 Å². The summed E-state index contributed by atoms with van der Waals surface area (Å²) in [6.07, 6.45) is 5.51. The molecule has 2 saturated carbocycles. The summed E-state index contributed by atoms with van der Waals surface area (Å²) in [7, 11) is 0. The Labute approximate surface area is 168 Å². The molecule has 1 N–H and O–H groups in total. The van der Waals surface area contributed by atoms with Gasteiger partial charge in [-0.2, -0.15) is 0 Å². The van der Waals surface area contributed by atoms with Gasteiger partial charge in [-0.3, -0.25) is 0 Å². The Morgan fingerprint density at radius 2 is 1.83 bits per heavy atom. The fourth-order valence-corrected chi connectivity index (χ4v) is 6.03. The summed E-state index contributed by atoms with van der Waals surface area (Å²) in [6, 6.07) is 11.8. The second-order valence-corrected chi connectivity index (χ2v) is 8.84. The molecule has 2 fully saturated rings. The lowest BCUT2D eigenvalue weighted by atomic mass is 9.87. The molecule has 2 aliphatic carbocycles. The molecule has 1 aliphatic heterocycles. The van der Waals surface area contributed by atoms with E-state index in [4.69, 9.17) is 0 Å². The van der Waals surface area contributed by atoms with Gasteiger partial charge in [-0.25, -0.2) is 13.8 Å². The minimum atomic E-state index is -0.470. The molecule has 2 aromatic carbocycles. The van der Waals surface area contributed by atoms with Crippen LogP contribution in [0, 0.1) is 29.4 Å². The Morgan fingerprint density at radius 1 is 1.07 bits per heavy atom. The fourth-order valence-electron chi connectivity index (χ4n) is 6.03. The third kappa shape index (κ3) is 2.60. The quantitative estimate of drug-likeness (QED) is 0.684. The van der Waals surface area contributed by atoms with E-state index < -0.39 is 6.10 Å². The summed E-state index contributed by atoms with van der Waals surface area (Å²) in [5.41, 5.74) is 3.69. The van der Waals surface area contributed by atoms with Crippen LogP contribution >= 0.6 is 0 Å². The maximum absolute atomic E-state index is 14.6. The Morgan fingerprint density at radius 3 is 2.59 bits per heavy atom. The van der Waals surface area contributed by atoms with Crippen LogP contribution in [0.25, 0.3) is 11.3 Å². The molecule has 148 valence electrons. The average Bonchev–Trinajstić information content (AvgIpc) is 3.12. The first-order chi connectivity index (χ1) is 14.1. The van der Waals surface area contributed by atoms with E-state index in [1.54, 1.807) is 18.6 Å². The molecule has 4 atom stereocenters. The highest BCUT2D eigenvalue weighted by Crippen LogP contribution is 2.65. The van der Waals surface area contributed by atoms with Gasteiger partial charge in [-0.1, -0.05) is 24.3 Å². The van der Waals surface area contributed by atoms with Crippen molar-refractivity contribution in [3.05, 3.63) is 77.8 Å². The molecule has 4 unspecified atom stereocenters. The molecular formula is C24H22F2N2O. The van der Waals surface area contributed by atoms with Crippen molar-refractivity contribution in [1.82, 2.24) is 9.55 Å². The maximum atomic E-state index is 14.6. The predicted octanol–water partition coefficient (Wildman–Crippen LogP) is 4.92. The molecule has 3 nitrogen and oxygen atoms in total. The number of hydrogen-bond acceptors (Lipinski definition) is 2. The summed E-state index contributed by atoms with van der Waals surface area (Å²) in [5, 5.41) is 11.0. The van der Waals surface area contributed by atoms with E-state index in [0.717, 1.165) is 24.1 Å². The van der Waals surface area contributed by atoms with Gasteiger partial charge in [-0.15, -0.1) is 0 Å². The second-order valence-electron chi connectivity index (χ2n) is 8.84. The molecule has 29 heavy (non-hydrogen) atoms. The molecule has 3 aliphatic rings. The highest BCUT2D eigenvalue weighted by molar-refractivity contribution is 5.69. The number of hydrogen-bond donors (Lipinski definition) is 1. The minimum absolute atomic E-state index is 0.198. The normalized spacial score (nSPS) is 30.0. The number of fused-ring (bicyclic) bond motifs is 4. The van der Waals surface area contributed by atoms with Gasteiger partial charge < -0.3 is 9.67 Å². The molecule has 0 saturated heterocycles. The van der Waals surface area contributed by atoms with Crippen LogP contribution in [0.2, 0.25) is 0 Å². The van der Waals surface area contributed by atoms with E-state index in [1.807, 2.05) is 22.8 Å². The van der Waals surface area contributed by atoms with Crippen molar-refractivity contribution < 1.29 is 13.9 Å². The van der Waals surface area contributed by atoms with Crippen LogP contribution in [-0.2, 0) is 0 Å². The number of benzene rings is 2. The third-order valence-corrected chi connectivity index (χ3v) is 7.41. The Hall–Kier alpha value is -2.53. The van der Waals surface area contributed by atoms with Crippen LogP contribution in [0.3, 0.4) is 0 Å². The van der Waals surface area contributed by atoms with Crippen molar-refractivity contribution in [1.29, 1.82) is 0 Å². The average molecular weight is 392 g/mol. The smallest absolute Gasteiger partial charge is 0.129 e. The second kappa shape index (κ2) is 6.23. The highest BCUT2D eigenvalue weighted by atomic mass is 19.1. The van der Waals surface area contributed by atoms with Crippen molar-refractivity contribution in [2.75, 3.05) is 0 Å². The highest BCUT2D eigenvalue weighted by Gasteiger charge is 2.57. The molecule has 0 spiro atoms. The van der Waals surface area contributed by atoms with Gasteiger partial charge in [0.2, 0.25) is 0 Å². The van der Waals surface area contributed by atoms with E-state index in [9.17, 15) is 13.9 Å². The zero-order valence-corrected chi connectivity index (χ0v) is 15.9. The van der Waals surface area contributed by atoms with E-state index in [2.05, 4.69) is 4.98 Å². The lowest BCUT2D eigenvalue weighted by Crippen LogP contribution is -2.24. The molecule has 3 aromatic rings. The zero-order valence-electron chi connectivity index (χ0n) is 15.9. The largest absolute Gasteiger partial charge is 0.393 e. The first kappa shape index (κ1) is 17.3. The van der Waals surface area contributed by atoms with Gasteiger partial charge in [0.1, 0.15) is 11.6 Å². The summed E-state index contributed by atoms with van der Waals surface area (Å²) < 4.78 is 29.8. The maximum Gasteiger partial charge on any atom is 0.129 e. The van der Waals surface area contributed by atoms with Gasteiger partial charge in [0, 0.05) is 11.1 Å². The van der Waals surface area contributed by atoms with Crippen molar-refractivity contribution in [2.24, 2.45) is 17.8 Å². The lowest BCUT2D eigenvalue weighted by Gasteiger charge is -2.25. The van der Waals surface area contributed by atoms with Crippen LogP contribution in [0.15, 0.2) is 55.0 Å². The monoisotopic (exact) mass is 392 g/mol. The zero-order chi connectivity index (χ0) is 19.7. The first-order valence-electron chi connectivity index (χ1n) is 10.4. The van der Waals surface area contributed by atoms with E-state index in [1.165, 1.54) is 23.8 Å². The Kier molecular flexibility index (Phi) is 3.73. The number of aromatic nitrogens is 2. The summed E-state index contributed by atoms with van der Waals surface area (Å²) in [5.74, 6) is 1.49. The van der Waals surface area contributed by atoms with Crippen molar-refractivity contribution in [3.63, 3.8) is 0 Å². The summed E-state index contributed by atoms with van der Waals surface area (Å²) in [6.45, 7) is 0. The standard InChI is InChI=1S/C24H22F2N2O/c25-15-6-4-13(5-7-15)23-17-8-14(9-18(17)23)22(29)10-20-24-16(2-1-3-19(24)26)21-11-27-12-28(20)21/h1-7,11-12,14,17-18,20,22-23,29H,8-10H2. The van der Waals surface area contributed by atoms with E-state index in [-0.39, 0.29) is 23.6 Å². The number of rotatable bonds is 4. The van der Waals surface area contributed by atoms with Crippen LogP contribution in [-0.4, -0.2) is 20.8 Å². The van der Waals surface area contributed by atoms with Gasteiger partial charge in [0.25, 0.3) is 0 Å². The number of aliphatic hydroxyl groups is 1. The van der Waals surface area contributed by atoms with Crippen molar-refractivity contribution in [3.8, 4) is 11.3 Å². The first-order valence-corrected chi connectivity index (χ1v) is 10.4. The molecule has 1 aromatic heterocycles. The molecule has 2 heterocycles. The minimum Gasteiger partial charge on any atom is -0.393 e. The van der Waals surface area contributed by atoms with E-state index >= 15 is 0 Å². The third-order valence-electron chi connectivity index (χ3n) is 7.41. The van der Waals surface area contributed by atoms with Gasteiger partial charge in [-0.05, 0) is 66.7 Å². The molecule has 0 bridgehead atoms. The number of aliphatic hydroxyl groups excluding tert-OH is 1. The van der Waals surface area contributed by atoms with E-state index in [0.29, 0.717) is 29.7 Å². The fraction of sp³-hybridized carbons (Fsp3) is 0.375. The lowest BCUT2D eigenvalue weighted by molar-refractivity contribution is 0.0841. The molecule has 0 amide bonds.